The van der Waals surface area contributed by atoms with Crippen LogP contribution in [0.25, 0.3) is 0 Å². The Morgan fingerprint density at radius 3 is 3.00 bits per heavy atom. The van der Waals surface area contributed by atoms with E-state index in [0.717, 1.165) is 22.0 Å². The van der Waals surface area contributed by atoms with Crippen molar-refractivity contribution in [3.05, 3.63) is 33.8 Å². The Hall–Kier alpha value is -1.66. The third kappa shape index (κ3) is 3.33. The van der Waals surface area contributed by atoms with Crippen molar-refractivity contribution in [1.29, 1.82) is 0 Å². The molecule has 2 aromatic rings. The fourth-order valence-corrected chi connectivity index (χ4v) is 4.18. The van der Waals surface area contributed by atoms with E-state index >= 15 is 0 Å². The molecule has 2 aromatic heterocycles. The molecule has 6 heteroatoms. The zero-order valence-corrected chi connectivity index (χ0v) is 14.3. The summed E-state index contributed by atoms with van der Waals surface area (Å²) in [7, 11) is 1.84. The average Bonchev–Trinajstić information content (AvgIpc) is 3.40. The monoisotopic (exact) mass is 330 g/mol. The summed E-state index contributed by atoms with van der Waals surface area (Å²) < 4.78 is 1.68. The lowest BCUT2D eigenvalue weighted by Gasteiger charge is -2.01. The highest BCUT2D eigenvalue weighted by Crippen LogP contribution is 2.45. The number of hydrogen-bond donors (Lipinski definition) is 2. The quantitative estimate of drug-likeness (QED) is 0.856. The van der Waals surface area contributed by atoms with Crippen LogP contribution < -0.4 is 10.6 Å². The van der Waals surface area contributed by atoms with Crippen molar-refractivity contribution in [3.8, 4) is 0 Å². The number of rotatable bonds is 6. The molecular weight excluding hydrogens is 308 g/mol. The molecule has 1 amide bonds. The zero-order chi connectivity index (χ0) is 16.0. The first-order valence-electron chi connectivity index (χ1n) is 8.24. The molecule has 2 fully saturated rings. The van der Waals surface area contributed by atoms with E-state index in [4.69, 9.17) is 0 Å². The minimum atomic E-state index is -0.0406. The molecule has 122 valence electrons. The SMILES string of the molecule is Cc1sc(C2CC2NCC2CC2)cc1C(=O)Nc1cnn(C)c1. The number of anilines is 1. The van der Waals surface area contributed by atoms with Gasteiger partial charge >= 0.3 is 0 Å². The zero-order valence-electron chi connectivity index (χ0n) is 13.5. The molecule has 0 aliphatic heterocycles. The van der Waals surface area contributed by atoms with Gasteiger partial charge in [-0.3, -0.25) is 9.48 Å². The lowest BCUT2D eigenvalue weighted by atomic mass is 10.2. The van der Waals surface area contributed by atoms with Crippen molar-refractivity contribution in [1.82, 2.24) is 15.1 Å². The number of amides is 1. The molecule has 2 heterocycles. The van der Waals surface area contributed by atoms with Crippen molar-refractivity contribution < 1.29 is 4.79 Å². The molecule has 2 unspecified atom stereocenters. The second-order valence-corrected chi connectivity index (χ2v) is 8.06. The summed E-state index contributed by atoms with van der Waals surface area (Å²) in [5, 5.41) is 10.7. The molecule has 2 atom stereocenters. The van der Waals surface area contributed by atoms with Crippen LogP contribution in [-0.2, 0) is 7.05 Å². The van der Waals surface area contributed by atoms with Gasteiger partial charge < -0.3 is 10.6 Å². The van der Waals surface area contributed by atoms with E-state index in [-0.39, 0.29) is 5.91 Å². The predicted molar refractivity (Wildman–Crippen MR) is 92.1 cm³/mol. The third-order valence-corrected chi connectivity index (χ3v) is 5.85. The number of thiophene rings is 1. The van der Waals surface area contributed by atoms with Crippen LogP contribution in [0.2, 0.25) is 0 Å². The van der Waals surface area contributed by atoms with Crippen molar-refractivity contribution in [2.45, 2.75) is 38.1 Å². The van der Waals surface area contributed by atoms with Gasteiger partial charge in [-0.25, -0.2) is 0 Å². The van der Waals surface area contributed by atoms with E-state index in [0.29, 0.717) is 12.0 Å². The molecule has 4 rings (SSSR count). The Morgan fingerprint density at radius 1 is 1.48 bits per heavy atom. The standard InChI is InChI=1S/C17H22N4OS/c1-10-13(17(22)20-12-8-19-21(2)9-12)6-16(23-10)14-5-15(14)18-7-11-3-4-11/h6,8-9,11,14-15,18H,3-5,7H2,1-2H3,(H,20,22). The van der Waals surface area contributed by atoms with Crippen LogP contribution in [0.15, 0.2) is 18.5 Å². The molecule has 0 radical (unpaired) electrons. The smallest absolute Gasteiger partial charge is 0.256 e. The largest absolute Gasteiger partial charge is 0.319 e. The number of nitrogens with zero attached hydrogens (tertiary/aromatic N) is 2. The summed E-state index contributed by atoms with van der Waals surface area (Å²) in [4.78, 5) is 14.9. The molecule has 0 bridgehead atoms. The summed E-state index contributed by atoms with van der Waals surface area (Å²) >= 11 is 1.76. The van der Waals surface area contributed by atoms with Gasteiger partial charge in [-0.15, -0.1) is 11.3 Å². The van der Waals surface area contributed by atoms with E-state index < -0.39 is 0 Å². The Kier molecular flexibility index (Phi) is 3.73. The third-order valence-electron chi connectivity index (χ3n) is 4.67. The predicted octanol–water partition coefficient (Wildman–Crippen LogP) is 2.90. The number of carbonyl (C=O) groups is 1. The van der Waals surface area contributed by atoms with Gasteiger partial charge in [0.2, 0.25) is 0 Å². The molecule has 2 saturated carbocycles. The van der Waals surface area contributed by atoms with E-state index in [2.05, 4.69) is 21.8 Å². The molecule has 0 saturated heterocycles. The van der Waals surface area contributed by atoms with Gasteiger partial charge in [-0.05, 0) is 44.7 Å². The van der Waals surface area contributed by atoms with Crippen LogP contribution >= 0.6 is 11.3 Å². The molecule has 2 N–H and O–H groups in total. The van der Waals surface area contributed by atoms with E-state index in [1.165, 1.54) is 30.7 Å². The molecule has 0 aromatic carbocycles. The number of aromatic nitrogens is 2. The lowest BCUT2D eigenvalue weighted by molar-refractivity contribution is 0.102. The Morgan fingerprint density at radius 2 is 2.30 bits per heavy atom. The summed E-state index contributed by atoms with van der Waals surface area (Å²) in [6, 6.07) is 2.69. The summed E-state index contributed by atoms with van der Waals surface area (Å²) in [5.74, 6) is 1.47. The highest BCUT2D eigenvalue weighted by atomic mass is 32.1. The maximum atomic E-state index is 12.4. The molecule has 2 aliphatic rings. The highest BCUT2D eigenvalue weighted by Gasteiger charge is 2.40. The second-order valence-electron chi connectivity index (χ2n) is 6.78. The molecule has 2 aliphatic carbocycles. The normalized spacial score (nSPS) is 23.0. The minimum absolute atomic E-state index is 0.0406. The molecule has 5 nitrogen and oxygen atoms in total. The first-order chi connectivity index (χ1) is 11.1. The molecule has 0 spiro atoms. The van der Waals surface area contributed by atoms with Crippen LogP contribution in [0.1, 0.15) is 45.3 Å². The molecule has 23 heavy (non-hydrogen) atoms. The number of carbonyl (C=O) groups excluding carboxylic acids is 1. The van der Waals surface area contributed by atoms with Gasteiger partial charge in [0.25, 0.3) is 5.91 Å². The van der Waals surface area contributed by atoms with Gasteiger partial charge in [-0.2, -0.15) is 5.10 Å². The van der Waals surface area contributed by atoms with Crippen molar-refractivity contribution >= 4 is 22.9 Å². The lowest BCUT2D eigenvalue weighted by Crippen LogP contribution is -2.20. The second kappa shape index (κ2) is 5.76. The van der Waals surface area contributed by atoms with Crippen molar-refractivity contribution in [2.75, 3.05) is 11.9 Å². The number of aryl methyl sites for hydroxylation is 2. The van der Waals surface area contributed by atoms with E-state index in [9.17, 15) is 4.79 Å². The fraction of sp³-hybridized carbons (Fsp3) is 0.529. The topological polar surface area (TPSA) is 59.0 Å². The maximum Gasteiger partial charge on any atom is 0.256 e. The maximum absolute atomic E-state index is 12.4. The van der Waals surface area contributed by atoms with Crippen LogP contribution in [0.3, 0.4) is 0 Å². The highest BCUT2D eigenvalue weighted by molar-refractivity contribution is 7.12. The van der Waals surface area contributed by atoms with Crippen LogP contribution in [0, 0.1) is 12.8 Å². The van der Waals surface area contributed by atoms with Crippen LogP contribution in [0.4, 0.5) is 5.69 Å². The van der Waals surface area contributed by atoms with Crippen LogP contribution in [0.5, 0.6) is 0 Å². The Bertz CT molecular complexity index is 731. The number of nitrogens with one attached hydrogen (secondary N) is 2. The number of hydrogen-bond acceptors (Lipinski definition) is 4. The van der Waals surface area contributed by atoms with Gasteiger partial charge in [0.1, 0.15) is 0 Å². The Labute approximate surface area is 140 Å². The molecular formula is C17H22N4OS. The van der Waals surface area contributed by atoms with Gasteiger partial charge in [0.05, 0.1) is 17.4 Å². The summed E-state index contributed by atoms with van der Waals surface area (Å²) in [6.45, 7) is 3.20. The van der Waals surface area contributed by atoms with Gasteiger partial charge in [0.15, 0.2) is 0 Å². The van der Waals surface area contributed by atoms with E-state index in [1.54, 1.807) is 28.4 Å². The minimum Gasteiger partial charge on any atom is -0.319 e. The van der Waals surface area contributed by atoms with Crippen molar-refractivity contribution in [3.63, 3.8) is 0 Å². The fourth-order valence-electron chi connectivity index (χ4n) is 2.97. The average molecular weight is 330 g/mol. The Balaban J connectivity index is 1.39. The van der Waals surface area contributed by atoms with Gasteiger partial charge in [-0.1, -0.05) is 0 Å². The van der Waals surface area contributed by atoms with Crippen molar-refractivity contribution in [2.24, 2.45) is 13.0 Å². The van der Waals surface area contributed by atoms with Crippen LogP contribution in [-0.4, -0.2) is 28.3 Å². The first kappa shape index (κ1) is 14.9. The van der Waals surface area contributed by atoms with Gasteiger partial charge in [0, 0.05) is 35.0 Å². The first-order valence-corrected chi connectivity index (χ1v) is 9.05. The summed E-state index contributed by atoms with van der Waals surface area (Å²) in [6.07, 6.45) is 7.46. The summed E-state index contributed by atoms with van der Waals surface area (Å²) in [5.41, 5.74) is 1.53. The van der Waals surface area contributed by atoms with E-state index in [1.807, 2.05) is 14.0 Å².